The van der Waals surface area contributed by atoms with Gasteiger partial charge in [0.05, 0.1) is 0 Å². The second-order valence-corrected chi connectivity index (χ2v) is 10.7. The molecule has 0 bridgehead atoms. The Labute approximate surface area is 174 Å². The van der Waals surface area contributed by atoms with E-state index in [0.29, 0.717) is 0 Å². The summed E-state index contributed by atoms with van der Waals surface area (Å²) in [5, 5.41) is 0. The summed E-state index contributed by atoms with van der Waals surface area (Å²) < 4.78 is 0. The second-order valence-electron chi connectivity index (χ2n) is 10.7. The standard InChI is InChI=1S/C27H56/c1-11-14-22(6)23(7)16-13-17-27(15-12-2)26(10)25(9)24(8)19-18-21(5)20(3)4/h20-27H,11-19H2,1-10H3. The minimum Gasteiger partial charge on any atom is -0.0654 e. The average Bonchev–Trinajstić information content (AvgIpc) is 2.63. The van der Waals surface area contributed by atoms with E-state index in [9.17, 15) is 0 Å². The van der Waals surface area contributed by atoms with Crippen molar-refractivity contribution >= 4 is 0 Å². The third-order valence-electron chi connectivity index (χ3n) is 8.30. The fourth-order valence-corrected chi connectivity index (χ4v) is 4.84. The maximum Gasteiger partial charge on any atom is -0.0386 e. The lowest BCUT2D eigenvalue weighted by molar-refractivity contribution is 0.164. The number of rotatable bonds is 16. The molecule has 0 aromatic carbocycles. The molecule has 0 saturated heterocycles. The summed E-state index contributed by atoms with van der Waals surface area (Å²) in [5.41, 5.74) is 0. The molecule has 0 aromatic rings. The molecule has 0 rings (SSSR count). The highest BCUT2D eigenvalue weighted by Crippen LogP contribution is 2.36. The van der Waals surface area contributed by atoms with Crippen LogP contribution in [0.25, 0.3) is 0 Å². The Hall–Kier alpha value is 0. The fraction of sp³-hybridized carbons (Fsp3) is 1.00. The van der Waals surface area contributed by atoms with Crippen LogP contribution in [-0.4, -0.2) is 0 Å². The summed E-state index contributed by atoms with van der Waals surface area (Å²) in [4.78, 5) is 0. The van der Waals surface area contributed by atoms with Gasteiger partial charge in [0.2, 0.25) is 0 Å². The first-order valence-corrected chi connectivity index (χ1v) is 12.6. The van der Waals surface area contributed by atoms with Crippen LogP contribution in [0, 0.1) is 47.3 Å². The van der Waals surface area contributed by atoms with Crippen LogP contribution in [0.15, 0.2) is 0 Å². The SMILES string of the molecule is CCCC(C)C(C)CCCC(CCC)C(C)C(C)C(C)CCC(C)C(C)C. The van der Waals surface area contributed by atoms with Gasteiger partial charge in [-0.2, -0.15) is 0 Å². The molecule has 7 unspecified atom stereocenters. The van der Waals surface area contributed by atoms with E-state index in [-0.39, 0.29) is 0 Å². The van der Waals surface area contributed by atoms with Gasteiger partial charge >= 0.3 is 0 Å². The molecule has 0 aliphatic rings. The van der Waals surface area contributed by atoms with Crippen molar-refractivity contribution in [3.05, 3.63) is 0 Å². The third-order valence-corrected chi connectivity index (χ3v) is 8.30. The van der Waals surface area contributed by atoms with Crippen LogP contribution in [0.3, 0.4) is 0 Å². The summed E-state index contributed by atoms with van der Waals surface area (Å²) in [6.07, 6.45) is 12.7. The van der Waals surface area contributed by atoms with Crippen molar-refractivity contribution in [2.45, 2.75) is 127 Å². The molecule has 27 heavy (non-hydrogen) atoms. The van der Waals surface area contributed by atoms with Gasteiger partial charge in [-0.1, -0.05) is 127 Å². The topological polar surface area (TPSA) is 0 Å². The Morgan fingerprint density at radius 2 is 0.963 bits per heavy atom. The molecular formula is C27H56. The highest BCUT2D eigenvalue weighted by molar-refractivity contribution is 4.76. The zero-order valence-electron chi connectivity index (χ0n) is 21.0. The van der Waals surface area contributed by atoms with Crippen LogP contribution in [0.5, 0.6) is 0 Å². The Balaban J connectivity index is 4.51. The first-order valence-electron chi connectivity index (χ1n) is 12.6. The fourth-order valence-electron chi connectivity index (χ4n) is 4.84. The highest BCUT2D eigenvalue weighted by atomic mass is 14.3. The van der Waals surface area contributed by atoms with Gasteiger partial charge in [0.25, 0.3) is 0 Å². The normalized spacial score (nSPS) is 20.1. The molecular weight excluding hydrogens is 324 g/mol. The molecule has 0 aliphatic carbocycles. The zero-order chi connectivity index (χ0) is 21.0. The second kappa shape index (κ2) is 14.9. The summed E-state index contributed by atoms with van der Waals surface area (Å²) in [6.45, 7) is 24.5. The van der Waals surface area contributed by atoms with Gasteiger partial charge in [-0.05, 0) is 47.3 Å². The lowest BCUT2D eigenvalue weighted by Gasteiger charge is -2.34. The van der Waals surface area contributed by atoms with Crippen molar-refractivity contribution in [2.75, 3.05) is 0 Å². The van der Waals surface area contributed by atoms with Crippen molar-refractivity contribution in [3.8, 4) is 0 Å². The predicted octanol–water partition coefficient (Wildman–Crippen LogP) is 9.63. The largest absolute Gasteiger partial charge is 0.0654 e. The van der Waals surface area contributed by atoms with Gasteiger partial charge in [0, 0.05) is 0 Å². The van der Waals surface area contributed by atoms with Gasteiger partial charge in [-0.25, -0.2) is 0 Å². The van der Waals surface area contributed by atoms with Gasteiger partial charge in [-0.15, -0.1) is 0 Å². The molecule has 0 heterocycles. The van der Waals surface area contributed by atoms with Crippen molar-refractivity contribution in [3.63, 3.8) is 0 Å². The van der Waals surface area contributed by atoms with Crippen LogP contribution in [0.1, 0.15) is 127 Å². The molecule has 0 radical (unpaired) electrons. The van der Waals surface area contributed by atoms with E-state index in [1.807, 2.05) is 0 Å². The van der Waals surface area contributed by atoms with Crippen LogP contribution in [-0.2, 0) is 0 Å². The quantitative estimate of drug-likeness (QED) is 0.250. The van der Waals surface area contributed by atoms with E-state index in [4.69, 9.17) is 0 Å². The van der Waals surface area contributed by atoms with Gasteiger partial charge in [0.15, 0.2) is 0 Å². The monoisotopic (exact) mass is 380 g/mol. The maximum absolute atomic E-state index is 2.57. The third kappa shape index (κ3) is 10.9. The van der Waals surface area contributed by atoms with E-state index in [1.165, 1.54) is 57.8 Å². The minimum absolute atomic E-state index is 0.829. The molecule has 7 atom stereocenters. The number of hydrogen-bond acceptors (Lipinski definition) is 0. The average molecular weight is 381 g/mol. The van der Waals surface area contributed by atoms with E-state index >= 15 is 0 Å². The Morgan fingerprint density at radius 3 is 1.48 bits per heavy atom. The summed E-state index contributed by atoms with van der Waals surface area (Å²) in [5.74, 6) is 7.03. The van der Waals surface area contributed by atoms with Crippen LogP contribution < -0.4 is 0 Å². The maximum atomic E-state index is 2.57. The molecule has 0 fully saturated rings. The first kappa shape index (κ1) is 27.0. The van der Waals surface area contributed by atoms with E-state index in [2.05, 4.69) is 69.2 Å². The Morgan fingerprint density at radius 1 is 0.444 bits per heavy atom. The van der Waals surface area contributed by atoms with Crippen molar-refractivity contribution < 1.29 is 0 Å². The molecule has 0 spiro atoms. The van der Waals surface area contributed by atoms with Gasteiger partial charge in [0.1, 0.15) is 0 Å². The lowest BCUT2D eigenvalue weighted by Crippen LogP contribution is -2.25. The molecule has 0 nitrogen and oxygen atoms in total. The minimum atomic E-state index is 0.829. The van der Waals surface area contributed by atoms with E-state index < -0.39 is 0 Å². The molecule has 0 N–H and O–H groups in total. The van der Waals surface area contributed by atoms with Crippen LogP contribution >= 0.6 is 0 Å². The van der Waals surface area contributed by atoms with Crippen LogP contribution in [0.4, 0.5) is 0 Å². The molecule has 0 amide bonds. The molecule has 0 saturated carbocycles. The lowest BCUT2D eigenvalue weighted by atomic mass is 9.72. The van der Waals surface area contributed by atoms with Gasteiger partial charge < -0.3 is 0 Å². The predicted molar refractivity (Wildman–Crippen MR) is 126 cm³/mol. The Kier molecular flexibility index (Phi) is 14.9. The van der Waals surface area contributed by atoms with Crippen molar-refractivity contribution in [1.82, 2.24) is 0 Å². The zero-order valence-corrected chi connectivity index (χ0v) is 21.0. The van der Waals surface area contributed by atoms with Gasteiger partial charge in [-0.3, -0.25) is 0 Å². The molecule has 164 valence electrons. The van der Waals surface area contributed by atoms with E-state index in [1.54, 1.807) is 0 Å². The molecule has 0 aromatic heterocycles. The van der Waals surface area contributed by atoms with E-state index in [0.717, 1.165) is 47.3 Å². The highest BCUT2D eigenvalue weighted by Gasteiger charge is 2.26. The smallest absolute Gasteiger partial charge is 0.0386 e. The molecule has 0 heteroatoms. The summed E-state index contributed by atoms with van der Waals surface area (Å²) >= 11 is 0. The molecule has 0 aliphatic heterocycles. The Bertz CT molecular complexity index is 331. The van der Waals surface area contributed by atoms with Crippen molar-refractivity contribution in [2.24, 2.45) is 47.3 Å². The summed E-state index contributed by atoms with van der Waals surface area (Å²) in [6, 6.07) is 0. The van der Waals surface area contributed by atoms with Crippen molar-refractivity contribution in [1.29, 1.82) is 0 Å². The van der Waals surface area contributed by atoms with Crippen LogP contribution in [0.2, 0.25) is 0 Å². The first-order chi connectivity index (χ1) is 12.6. The number of hydrogen-bond donors (Lipinski definition) is 0. The summed E-state index contributed by atoms with van der Waals surface area (Å²) in [7, 11) is 0.